The van der Waals surface area contributed by atoms with Crippen LogP contribution < -0.4 is 15.1 Å². The molecule has 0 radical (unpaired) electrons. The van der Waals surface area contributed by atoms with Crippen LogP contribution in [0.25, 0.3) is 22.4 Å². The van der Waals surface area contributed by atoms with E-state index in [1.807, 2.05) is 29.4 Å². The maximum Gasteiger partial charge on any atom is 0.266 e. The van der Waals surface area contributed by atoms with Crippen LogP contribution in [0, 0.1) is 17.2 Å². The van der Waals surface area contributed by atoms with E-state index in [0.29, 0.717) is 37.6 Å². The van der Waals surface area contributed by atoms with Crippen molar-refractivity contribution in [3.63, 3.8) is 0 Å². The molecule has 9 heteroatoms. The van der Waals surface area contributed by atoms with Crippen molar-refractivity contribution in [3.05, 3.63) is 54.7 Å². The Labute approximate surface area is 214 Å². The van der Waals surface area contributed by atoms with Crippen LogP contribution >= 0.6 is 0 Å². The number of pyridine rings is 1. The van der Waals surface area contributed by atoms with E-state index in [0.717, 1.165) is 29.5 Å². The predicted molar refractivity (Wildman–Crippen MR) is 140 cm³/mol. The van der Waals surface area contributed by atoms with Gasteiger partial charge in [0.15, 0.2) is 5.76 Å². The molecule has 0 saturated carbocycles. The molecule has 0 atom stereocenters. The standard InChI is InChI=1S/C28H28N6O3/c29-17-23-28(37-27(32-23)25-5-4-16-36-25)34-14-9-19(10-15-34)26(35)31-22-6-7-24(33-12-2-1-3-13-33)20-8-11-30-18-21(20)22/h4-8,11,16,18-19H,1-3,9-10,12-15H2,(H,31,35). The molecule has 9 nitrogen and oxygen atoms in total. The Morgan fingerprint density at radius 2 is 1.86 bits per heavy atom. The Morgan fingerprint density at radius 1 is 1.03 bits per heavy atom. The lowest BCUT2D eigenvalue weighted by molar-refractivity contribution is -0.120. The van der Waals surface area contributed by atoms with Gasteiger partial charge in [-0.15, -0.1) is 0 Å². The number of rotatable bonds is 5. The summed E-state index contributed by atoms with van der Waals surface area (Å²) in [5.41, 5.74) is 2.22. The van der Waals surface area contributed by atoms with Crippen molar-refractivity contribution in [2.45, 2.75) is 32.1 Å². The number of piperidine rings is 2. The summed E-state index contributed by atoms with van der Waals surface area (Å²) in [5.74, 6) is 1.06. The average Bonchev–Trinajstić information content (AvgIpc) is 3.64. The van der Waals surface area contributed by atoms with Gasteiger partial charge in [0.2, 0.25) is 17.5 Å². The van der Waals surface area contributed by atoms with Crippen LogP contribution in [-0.4, -0.2) is 42.1 Å². The minimum absolute atomic E-state index is 0.00452. The number of furan rings is 1. The summed E-state index contributed by atoms with van der Waals surface area (Å²) in [6, 6.07) is 11.8. The lowest BCUT2D eigenvalue weighted by Crippen LogP contribution is -2.38. The first-order valence-electron chi connectivity index (χ1n) is 12.8. The highest BCUT2D eigenvalue weighted by Crippen LogP contribution is 2.35. The molecule has 4 aromatic rings. The zero-order valence-corrected chi connectivity index (χ0v) is 20.5. The van der Waals surface area contributed by atoms with Crippen molar-refractivity contribution >= 4 is 33.9 Å². The van der Waals surface area contributed by atoms with E-state index in [4.69, 9.17) is 8.83 Å². The van der Waals surface area contributed by atoms with Gasteiger partial charge < -0.3 is 24.0 Å². The summed E-state index contributed by atoms with van der Waals surface area (Å²) < 4.78 is 11.2. The van der Waals surface area contributed by atoms with Crippen molar-refractivity contribution in [1.82, 2.24) is 9.97 Å². The molecule has 188 valence electrons. The van der Waals surface area contributed by atoms with Crippen molar-refractivity contribution in [2.24, 2.45) is 5.92 Å². The topological polar surface area (TPSA) is 111 Å². The zero-order valence-electron chi connectivity index (χ0n) is 20.5. The monoisotopic (exact) mass is 496 g/mol. The van der Waals surface area contributed by atoms with Gasteiger partial charge in [-0.2, -0.15) is 10.2 Å². The third kappa shape index (κ3) is 4.51. The summed E-state index contributed by atoms with van der Waals surface area (Å²) in [6.07, 6.45) is 10.2. The number of fused-ring (bicyclic) bond motifs is 1. The first kappa shape index (κ1) is 23.1. The largest absolute Gasteiger partial charge is 0.459 e. The summed E-state index contributed by atoms with van der Waals surface area (Å²) in [4.78, 5) is 26.3. The second kappa shape index (κ2) is 9.97. The van der Waals surface area contributed by atoms with Crippen LogP contribution in [0.1, 0.15) is 37.8 Å². The minimum atomic E-state index is -0.136. The average molecular weight is 497 g/mol. The number of amides is 1. The van der Waals surface area contributed by atoms with Gasteiger partial charge in [-0.1, -0.05) is 0 Å². The number of carbonyl (C=O) groups is 1. The van der Waals surface area contributed by atoms with E-state index in [1.165, 1.54) is 31.2 Å². The molecule has 2 aliphatic rings. The molecule has 0 unspecified atom stereocenters. The second-order valence-corrected chi connectivity index (χ2v) is 9.61. The number of hydrogen-bond acceptors (Lipinski definition) is 8. The van der Waals surface area contributed by atoms with Gasteiger partial charge in [-0.05, 0) is 62.4 Å². The Balaban J connectivity index is 1.15. The molecule has 0 aliphatic carbocycles. The number of nitrogens with one attached hydrogen (secondary N) is 1. The smallest absolute Gasteiger partial charge is 0.266 e. The summed E-state index contributed by atoms with van der Waals surface area (Å²) in [6.45, 7) is 3.30. The van der Waals surface area contributed by atoms with Crippen LogP contribution in [0.4, 0.5) is 17.3 Å². The van der Waals surface area contributed by atoms with Gasteiger partial charge in [-0.25, -0.2) is 0 Å². The molecule has 0 bridgehead atoms. The Hall–Kier alpha value is -4.32. The number of hydrogen-bond donors (Lipinski definition) is 1. The van der Waals surface area contributed by atoms with Crippen molar-refractivity contribution in [1.29, 1.82) is 5.26 Å². The second-order valence-electron chi connectivity index (χ2n) is 9.61. The van der Waals surface area contributed by atoms with Gasteiger partial charge in [-0.3, -0.25) is 9.78 Å². The molecule has 0 spiro atoms. The van der Waals surface area contributed by atoms with Crippen molar-refractivity contribution < 1.29 is 13.6 Å². The van der Waals surface area contributed by atoms with Crippen LogP contribution in [0.5, 0.6) is 0 Å². The van der Waals surface area contributed by atoms with Crippen molar-refractivity contribution in [3.8, 4) is 17.7 Å². The summed E-state index contributed by atoms with van der Waals surface area (Å²) in [7, 11) is 0. The van der Waals surface area contributed by atoms with Gasteiger partial charge in [0, 0.05) is 61.0 Å². The SMILES string of the molecule is N#Cc1nc(-c2ccco2)oc1N1CCC(C(=O)Nc2ccc(N3CCCCC3)c3ccncc23)CC1. The molecule has 1 amide bonds. The Kier molecular flexibility index (Phi) is 6.23. The Bertz CT molecular complexity index is 1440. The third-order valence-corrected chi connectivity index (χ3v) is 7.35. The number of aromatic nitrogens is 2. The fourth-order valence-electron chi connectivity index (χ4n) is 5.38. The number of nitrogens with zero attached hydrogens (tertiary/aromatic N) is 5. The minimum Gasteiger partial charge on any atom is -0.459 e. The van der Waals surface area contributed by atoms with Gasteiger partial charge in [0.1, 0.15) is 6.07 Å². The third-order valence-electron chi connectivity index (χ3n) is 7.35. The molecule has 1 aromatic carbocycles. The zero-order chi connectivity index (χ0) is 25.2. The molecule has 5 heterocycles. The van der Waals surface area contributed by atoms with E-state index in [1.54, 1.807) is 12.1 Å². The molecule has 6 rings (SSSR count). The van der Waals surface area contributed by atoms with Crippen LogP contribution in [-0.2, 0) is 4.79 Å². The Morgan fingerprint density at radius 3 is 2.62 bits per heavy atom. The van der Waals surface area contributed by atoms with E-state index < -0.39 is 0 Å². The van der Waals surface area contributed by atoms with Gasteiger partial charge in [0.25, 0.3) is 5.89 Å². The quantitative estimate of drug-likeness (QED) is 0.401. The summed E-state index contributed by atoms with van der Waals surface area (Å²) in [5, 5.41) is 14.8. The molecule has 2 fully saturated rings. The normalized spacial score (nSPS) is 16.6. The maximum atomic E-state index is 13.3. The first-order chi connectivity index (χ1) is 18.2. The maximum absolute atomic E-state index is 13.3. The molecule has 37 heavy (non-hydrogen) atoms. The van der Waals surface area contributed by atoms with E-state index in [-0.39, 0.29) is 23.4 Å². The number of carbonyl (C=O) groups excluding carboxylic acids is 1. The number of nitriles is 1. The molecular weight excluding hydrogens is 468 g/mol. The molecule has 2 aliphatic heterocycles. The molecule has 3 aromatic heterocycles. The summed E-state index contributed by atoms with van der Waals surface area (Å²) >= 11 is 0. The number of benzene rings is 1. The molecule has 2 saturated heterocycles. The fourth-order valence-corrected chi connectivity index (χ4v) is 5.38. The molecular formula is C28H28N6O3. The predicted octanol–water partition coefficient (Wildman–Crippen LogP) is 5.20. The highest BCUT2D eigenvalue weighted by Gasteiger charge is 2.30. The van der Waals surface area contributed by atoms with Gasteiger partial charge >= 0.3 is 0 Å². The lowest BCUT2D eigenvalue weighted by atomic mass is 9.95. The van der Waals surface area contributed by atoms with Crippen LogP contribution in [0.3, 0.4) is 0 Å². The number of oxazole rings is 1. The highest BCUT2D eigenvalue weighted by molar-refractivity contribution is 6.06. The van der Waals surface area contributed by atoms with Crippen LogP contribution in [0.2, 0.25) is 0 Å². The van der Waals surface area contributed by atoms with E-state index in [9.17, 15) is 10.1 Å². The number of anilines is 3. The molecule has 1 N–H and O–H groups in total. The van der Waals surface area contributed by atoms with Gasteiger partial charge in [0.05, 0.1) is 12.0 Å². The first-order valence-corrected chi connectivity index (χ1v) is 12.8. The van der Waals surface area contributed by atoms with Crippen LogP contribution in [0.15, 0.2) is 57.8 Å². The van der Waals surface area contributed by atoms with E-state index >= 15 is 0 Å². The lowest BCUT2D eigenvalue weighted by Gasteiger charge is -2.31. The fraction of sp³-hybridized carbons (Fsp3) is 0.357. The van der Waals surface area contributed by atoms with Crippen molar-refractivity contribution in [2.75, 3.05) is 41.3 Å². The van der Waals surface area contributed by atoms with E-state index in [2.05, 4.69) is 32.3 Å². The highest BCUT2D eigenvalue weighted by atomic mass is 16.4.